The van der Waals surface area contributed by atoms with Gasteiger partial charge in [-0.05, 0) is 31.4 Å². The zero-order chi connectivity index (χ0) is 15.6. The van der Waals surface area contributed by atoms with Gasteiger partial charge in [-0.3, -0.25) is 4.79 Å². The van der Waals surface area contributed by atoms with E-state index in [1.807, 2.05) is 5.32 Å². The lowest BCUT2D eigenvalue weighted by Gasteiger charge is -2.20. The average molecular weight is 301 g/mol. The normalized spacial score (nSPS) is 18.9. The minimum atomic E-state index is -4.42. The second-order valence-electron chi connectivity index (χ2n) is 5.44. The van der Waals surface area contributed by atoms with Crippen LogP contribution in [0.15, 0.2) is 12.1 Å². The molecule has 116 valence electrons. The molecule has 7 heteroatoms. The summed E-state index contributed by atoms with van der Waals surface area (Å²) < 4.78 is 36.2. The number of pyridine rings is 1. The number of aromatic nitrogens is 1. The van der Waals surface area contributed by atoms with Crippen LogP contribution in [0.5, 0.6) is 0 Å². The van der Waals surface area contributed by atoms with Crippen molar-refractivity contribution in [3.05, 3.63) is 23.5 Å². The Morgan fingerprint density at radius 2 is 2.19 bits per heavy atom. The van der Waals surface area contributed by atoms with Crippen LogP contribution in [0, 0.1) is 12.8 Å². The van der Waals surface area contributed by atoms with E-state index in [0.29, 0.717) is 11.6 Å². The summed E-state index contributed by atoms with van der Waals surface area (Å²) in [5.74, 6) is -0.198. The Balaban J connectivity index is 2.06. The maximum absolute atomic E-state index is 12.1. The summed E-state index contributed by atoms with van der Waals surface area (Å²) in [6, 6.07) is 3.22. The molecule has 0 radical (unpaired) electrons. The molecule has 0 aliphatic carbocycles. The van der Waals surface area contributed by atoms with Crippen molar-refractivity contribution in [2.75, 3.05) is 24.5 Å². The Kier molecular flexibility index (Phi) is 4.39. The Morgan fingerprint density at radius 1 is 1.48 bits per heavy atom. The van der Waals surface area contributed by atoms with Gasteiger partial charge in [-0.25, -0.2) is 4.98 Å². The monoisotopic (exact) mass is 301 g/mol. The SMILES string of the molecule is Cc1nc(C(=O)NCC(F)(F)F)ccc1N1CCC(C)C1. The van der Waals surface area contributed by atoms with Gasteiger partial charge in [0.15, 0.2) is 0 Å². The zero-order valence-corrected chi connectivity index (χ0v) is 12.0. The highest BCUT2D eigenvalue weighted by atomic mass is 19.4. The van der Waals surface area contributed by atoms with Crippen molar-refractivity contribution in [2.24, 2.45) is 5.92 Å². The third kappa shape index (κ3) is 4.09. The van der Waals surface area contributed by atoms with Crippen LogP contribution in [0.2, 0.25) is 0 Å². The summed E-state index contributed by atoms with van der Waals surface area (Å²) in [7, 11) is 0. The number of halogens is 3. The van der Waals surface area contributed by atoms with Crippen molar-refractivity contribution in [3.63, 3.8) is 0 Å². The van der Waals surface area contributed by atoms with Crippen molar-refractivity contribution in [1.29, 1.82) is 0 Å². The van der Waals surface area contributed by atoms with Crippen LogP contribution in [0.25, 0.3) is 0 Å². The first-order valence-corrected chi connectivity index (χ1v) is 6.84. The molecular weight excluding hydrogens is 283 g/mol. The van der Waals surface area contributed by atoms with E-state index in [9.17, 15) is 18.0 Å². The lowest BCUT2D eigenvalue weighted by atomic mass is 10.2. The van der Waals surface area contributed by atoms with Crippen molar-refractivity contribution in [2.45, 2.75) is 26.4 Å². The van der Waals surface area contributed by atoms with E-state index in [1.165, 1.54) is 6.07 Å². The highest BCUT2D eigenvalue weighted by Crippen LogP contribution is 2.25. The van der Waals surface area contributed by atoms with E-state index in [0.717, 1.165) is 25.2 Å². The summed E-state index contributed by atoms with van der Waals surface area (Å²) >= 11 is 0. The number of hydrogen-bond acceptors (Lipinski definition) is 3. The molecule has 4 nitrogen and oxygen atoms in total. The highest BCUT2D eigenvalue weighted by molar-refractivity contribution is 5.92. The first kappa shape index (κ1) is 15.6. The van der Waals surface area contributed by atoms with Gasteiger partial charge in [-0.2, -0.15) is 13.2 Å². The van der Waals surface area contributed by atoms with E-state index in [-0.39, 0.29) is 5.69 Å². The minimum Gasteiger partial charge on any atom is -0.370 e. The average Bonchev–Trinajstić information content (AvgIpc) is 2.81. The summed E-state index contributed by atoms with van der Waals surface area (Å²) in [6.45, 7) is 4.45. The molecular formula is C14H18F3N3O. The number of carbonyl (C=O) groups excluding carboxylic acids is 1. The van der Waals surface area contributed by atoms with Crippen molar-refractivity contribution < 1.29 is 18.0 Å². The molecule has 1 aliphatic rings. The van der Waals surface area contributed by atoms with Gasteiger partial charge in [0.25, 0.3) is 5.91 Å². The zero-order valence-electron chi connectivity index (χ0n) is 12.0. The molecule has 1 aliphatic heterocycles. The van der Waals surface area contributed by atoms with Crippen molar-refractivity contribution in [3.8, 4) is 0 Å². The van der Waals surface area contributed by atoms with Crippen LogP contribution in [0.3, 0.4) is 0 Å². The van der Waals surface area contributed by atoms with E-state index >= 15 is 0 Å². The second-order valence-corrected chi connectivity index (χ2v) is 5.44. The third-order valence-corrected chi connectivity index (χ3v) is 3.50. The summed E-state index contributed by atoms with van der Waals surface area (Å²) in [5.41, 5.74) is 1.60. The van der Waals surface area contributed by atoms with Gasteiger partial charge in [0, 0.05) is 13.1 Å². The molecule has 1 fully saturated rings. The molecule has 0 bridgehead atoms. The van der Waals surface area contributed by atoms with Gasteiger partial charge in [0.2, 0.25) is 0 Å². The van der Waals surface area contributed by atoms with Crippen LogP contribution in [-0.2, 0) is 0 Å². The summed E-state index contributed by atoms with van der Waals surface area (Å²) in [6.07, 6.45) is -3.32. The second kappa shape index (κ2) is 5.91. The van der Waals surface area contributed by atoms with E-state index in [2.05, 4.69) is 16.8 Å². The van der Waals surface area contributed by atoms with Crippen LogP contribution in [0.1, 0.15) is 29.5 Å². The van der Waals surface area contributed by atoms with Gasteiger partial charge in [0.05, 0.1) is 11.4 Å². The summed E-state index contributed by atoms with van der Waals surface area (Å²) in [4.78, 5) is 17.9. The Labute approximate surface area is 121 Å². The Bertz CT molecular complexity index is 531. The maximum atomic E-state index is 12.1. The molecule has 1 saturated heterocycles. The molecule has 1 unspecified atom stereocenters. The molecule has 0 saturated carbocycles. The molecule has 1 aromatic heterocycles. The molecule has 2 rings (SSSR count). The number of nitrogens with zero attached hydrogens (tertiary/aromatic N) is 2. The molecule has 1 aromatic rings. The van der Waals surface area contributed by atoms with E-state index < -0.39 is 18.6 Å². The molecule has 2 heterocycles. The number of carbonyl (C=O) groups is 1. The number of amides is 1. The standard InChI is InChI=1S/C14H18F3N3O/c1-9-5-6-20(7-9)12-4-3-11(19-10(12)2)13(21)18-8-14(15,16)17/h3-4,9H,5-8H2,1-2H3,(H,18,21). The van der Waals surface area contributed by atoms with Crippen LogP contribution in [-0.4, -0.2) is 36.7 Å². The van der Waals surface area contributed by atoms with E-state index in [4.69, 9.17) is 0 Å². The molecule has 0 aromatic carbocycles. The minimum absolute atomic E-state index is 0.00717. The Hall–Kier alpha value is -1.79. The summed E-state index contributed by atoms with van der Waals surface area (Å²) in [5, 5.41) is 1.82. The quantitative estimate of drug-likeness (QED) is 0.933. The fourth-order valence-electron chi connectivity index (χ4n) is 2.44. The number of aryl methyl sites for hydroxylation is 1. The molecule has 21 heavy (non-hydrogen) atoms. The van der Waals surface area contributed by atoms with Crippen molar-refractivity contribution in [1.82, 2.24) is 10.3 Å². The molecule has 1 N–H and O–H groups in total. The van der Waals surface area contributed by atoms with Crippen molar-refractivity contribution >= 4 is 11.6 Å². The lowest BCUT2D eigenvalue weighted by Crippen LogP contribution is -2.34. The molecule has 1 amide bonds. The predicted molar refractivity (Wildman–Crippen MR) is 73.4 cm³/mol. The van der Waals surface area contributed by atoms with Crippen LogP contribution >= 0.6 is 0 Å². The van der Waals surface area contributed by atoms with Gasteiger partial charge in [-0.1, -0.05) is 6.92 Å². The smallest absolute Gasteiger partial charge is 0.370 e. The number of alkyl halides is 3. The predicted octanol–water partition coefficient (Wildman–Crippen LogP) is 2.53. The first-order valence-electron chi connectivity index (χ1n) is 6.84. The fraction of sp³-hybridized carbons (Fsp3) is 0.571. The third-order valence-electron chi connectivity index (χ3n) is 3.50. The topological polar surface area (TPSA) is 45.2 Å². The van der Waals surface area contributed by atoms with Gasteiger partial charge < -0.3 is 10.2 Å². The van der Waals surface area contributed by atoms with Gasteiger partial charge in [-0.15, -0.1) is 0 Å². The van der Waals surface area contributed by atoms with Gasteiger partial charge >= 0.3 is 6.18 Å². The Morgan fingerprint density at radius 3 is 2.71 bits per heavy atom. The number of nitrogens with one attached hydrogen (secondary N) is 1. The lowest BCUT2D eigenvalue weighted by molar-refractivity contribution is -0.123. The number of anilines is 1. The number of rotatable bonds is 3. The highest BCUT2D eigenvalue weighted by Gasteiger charge is 2.28. The van der Waals surface area contributed by atoms with Gasteiger partial charge in [0.1, 0.15) is 12.2 Å². The molecule has 1 atom stereocenters. The first-order chi connectivity index (χ1) is 9.76. The maximum Gasteiger partial charge on any atom is 0.405 e. The van der Waals surface area contributed by atoms with E-state index in [1.54, 1.807) is 13.0 Å². The number of hydrogen-bond donors (Lipinski definition) is 1. The van der Waals surface area contributed by atoms with Crippen LogP contribution in [0.4, 0.5) is 18.9 Å². The molecule has 0 spiro atoms. The largest absolute Gasteiger partial charge is 0.405 e. The fourth-order valence-corrected chi connectivity index (χ4v) is 2.44. The van der Waals surface area contributed by atoms with Crippen LogP contribution < -0.4 is 10.2 Å².